The van der Waals surface area contributed by atoms with Gasteiger partial charge in [0.15, 0.2) is 5.16 Å². The van der Waals surface area contributed by atoms with Crippen LogP contribution >= 0.6 is 34.7 Å². The number of carbonyl (C=O) groups is 1. The number of rotatable bonds is 5. The Hall–Kier alpha value is -2.75. The van der Waals surface area contributed by atoms with Crippen LogP contribution < -0.4 is 10.9 Å². The largest absolute Gasteiger partial charge is 0.323 e. The molecule has 4 rings (SSSR count). The first-order valence-corrected chi connectivity index (χ1v) is 10.8. The van der Waals surface area contributed by atoms with Crippen LogP contribution in [0.1, 0.15) is 0 Å². The van der Waals surface area contributed by atoms with Gasteiger partial charge in [0.2, 0.25) is 5.91 Å². The Kier molecular flexibility index (Phi) is 5.85. The van der Waals surface area contributed by atoms with E-state index >= 15 is 0 Å². The number of halogens is 3. The Labute approximate surface area is 182 Å². The highest BCUT2D eigenvalue weighted by Crippen LogP contribution is 2.25. The summed E-state index contributed by atoms with van der Waals surface area (Å²) in [7, 11) is 0. The molecule has 4 aromatic rings. The van der Waals surface area contributed by atoms with Crippen molar-refractivity contribution in [2.75, 3.05) is 11.1 Å². The van der Waals surface area contributed by atoms with E-state index in [1.54, 1.807) is 35.7 Å². The molecule has 0 aliphatic heterocycles. The van der Waals surface area contributed by atoms with Crippen molar-refractivity contribution in [1.29, 1.82) is 0 Å². The standard InChI is InChI=1S/C20H12ClF2N3O2S2/c21-11-1-4-13(5-2-11)26-19(28)18-16(7-8-29-18)25-20(26)30-10-17(27)24-15-6-3-12(22)9-14(15)23/h1-9H,10H2,(H,24,27). The van der Waals surface area contributed by atoms with Crippen molar-refractivity contribution >= 4 is 56.5 Å². The van der Waals surface area contributed by atoms with Gasteiger partial charge in [0.05, 0.1) is 22.6 Å². The second-order valence-electron chi connectivity index (χ2n) is 6.11. The van der Waals surface area contributed by atoms with Gasteiger partial charge in [-0.05, 0) is 47.8 Å². The molecule has 10 heteroatoms. The number of nitrogens with one attached hydrogen (secondary N) is 1. The van der Waals surface area contributed by atoms with Crippen molar-refractivity contribution in [3.8, 4) is 5.69 Å². The summed E-state index contributed by atoms with van der Waals surface area (Å²) in [6.07, 6.45) is 0. The fraction of sp³-hybridized carbons (Fsp3) is 0.0500. The highest BCUT2D eigenvalue weighted by atomic mass is 35.5. The number of anilines is 1. The van der Waals surface area contributed by atoms with Crippen molar-refractivity contribution in [2.24, 2.45) is 0 Å². The van der Waals surface area contributed by atoms with Gasteiger partial charge < -0.3 is 5.32 Å². The van der Waals surface area contributed by atoms with Gasteiger partial charge in [-0.25, -0.2) is 13.8 Å². The number of fused-ring (bicyclic) bond motifs is 1. The molecule has 2 aromatic carbocycles. The number of thioether (sulfide) groups is 1. The highest BCUT2D eigenvalue weighted by molar-refractivity contribution is 7.99. The molecule has 0 fully saturated rings. The van der Waals surface area contributed by atoms with E-state index in [2.05, 4.69) is 10.3 Å². The number of hydrogen-bond donors (Lipinski definition) is 1. The molecule has 2 heterocycles. The fourth-order valence-electron chi connectivity index (χ4n) is 2.71. The Morgan fingerprint density at radius 1 is 1.17 bits per heavy atom. The zero-order chi connectivity index (χ0) is 21.3. The first-order valence-electron chi connectivity index (χ1n) is 8.56. The van der Waals surface area contributed by atoms with Crippen molar-refractivity contribution < 1.29 is 13.6 Å². The number of hydrogen-bond acceptors (Lipinski definition) is 5. The summed E-state index contributed by atoms with van der Waals surface area (Å²) >= 11 is 8.26. The van der Waals surface area contributed by atoms with E-state index < -0.39 is 17.5 Å². The Morgan fingerprint density at radius 2 is 1.93 bits per heavy atom. The van der Waals surface area contributed by atoms with Crippen LogP contribution in [0.15, 0.2) is 63.9 Å². The quantitative estimate of drug-likeness (QED) is 0.330. The van der Waals surface area contributed by atoms with Gasteiger partial charge in [-0.1, -0.05) is 23.4 Å². The van der Waals surface area contributed by atoms with E-state index in [0.717, 1.165) is 23.9 Å². The smallest absolute Gasteiger partial charge is 0.276 e. The molecule has 0 spiro atoms. The molecule has 5 nitrogen and oxygen atoms in total. The molecule has 0 unspecified atom stereocenters. The van der Waals surface area contributed by atoms with Gasteiger partial charge in [0.1, 0.15) is 16.3 Å². The van der Waals surface area contributed by atoms with Crippen LogP contribution in [0.3, 0.4) is 0 Å². The number of aromatic nitrogens is 2. The third kappa shape index (κ3) is 4.23. The molecule has 0 saturated carbocycles. The van der Waals surface area contributed by atoms with Gasteiger partial charge in [-0.3, -0.25) is 14.2 Å². The first kappa shape index (κ1) is 20.5. The van der Waals surface area contributed by atoms with E-state index in [1.807, 2.05) is 0 Å². The van der Waals surface area contributed by atoms with Gasteiger partial charge in [0.25, 0.3) is 5.56 Å². The van der Waals surface area contributed by atoms with Gasteiger partial charge in [0, 0.05) is 11.1 Å². The minimum atomic E-state index is -0.871. The molecule has 0 radical (unpaired) electrons. The maximum atomic E-state index is 13.8. The molecule has 30 heavy (non-hydrogen) atoms. The second kappa shape index (κ2) is 8.55. The fourth-order valence-corrected chi connectivity index (χ4v) is 4.41. The number of thiophene rings is 1. The van der Waals surface area contributed by atoms with E-state index in [9.17, 15) is 18.4 Å². The third-order valence-electron chi connectivity index (χ3n) is 4.07. The van der Waals surface area contributed by atoms with E-state index in [-0.39, 0.29) is 17.0 Å². The third-order valence-corrected chi connectivity index (χ3v) is 6.15. The van der Waals surface area contributed by atoms with Crippen LogP contribution in [0.5, 0.6) is 0 Å². The molecule has 1 N–H and O–H groups in total. The molecular formula is C20H12ClF2N3O2S2. The van der Waals surface area contributed by atoms with Crippen LogP contribution in [-0.2, 0) is 4.79 Å². The molecule has 2 aromatic heterocycles. The molecule has 0 bridgehead atoms. The molecule has 1 amide bonds. The number of carbonyl (C=O) groups excluding carboxylic acids is 1. The summed E-state index contributed by atoms with van der Waals surface area (Å²) in [5.41, 5.74) is 0.700. The monoisotopic (exact) mass is 463 g/mol. The van der Waals surface area contributed by atoms with Crippen molar-refractivity contribution in [3.05, 3.63) is 80.9 Å². The molecular weight excluding hydrogens is 452 g/mol. The Bertz CT molecular complexity index is 1310. The summed E-state index contributed by atoms with van der Waals surface area (Å²) in [5.74, 6) is -2.26. The van der Waals surface area contributed by atoms with E-state index in [4.69, 9.17) is 11.6 Å². The summed E-state index contributed by atoms with van der Waals surface area (Å²) < 4.78 is 28.7. The maximum Gasteiger partial charge on any atom is 0.276 e. The molecule has 0 atom stereocenters. The summed E-state index contributed by atoms with van der Waals surface area (Å²) in [6.45, 7) is 0. The Balaban J connectivity index is 1.63. The summed E-state index contributed by atoms with van der Waals surface area (Å²) in [5, 5.41) is 4.99. The zero-order valence-electron chi connectivity index (χ0n) is 15.1. The molecule has 0 aliphatic rings. The number of nitrogens with zero attached hydrogens (tertiary/aromatic N) is 2. The van der Waals surface area contributed by atoms with Crippen LogP contribution in [0, 0.1) is 11.6 Å². The highest BCUT2D eigenvalue weighted by Gasteiger charge is 2.16. The van der Waals surface area contributed by atoms with Crippen LogP contribution in [0.25, 0.3) is 15.9 Å². The lowest BCUT2D eigenvalue weighted by Gasteiger charge is -2.12. The first-order chi connectivity index (χ1) is 14.4. The van der Waals surface area contributed by atoms with Crippen molar-refractivity contribution in [2.45, 2.75) is 5.16 Å². The van der Waals surface area contributed by atoms with Gasteiger partial charge >= 0.3 is 0 Å². The Morgan fingerprint density at radius 3 is 2.67 bits per heavy atom. The molecule has 0 saturated heterocycles. The lowest BCUT2D eigenvalue weighted by atomic mass is 10.3. The lowest BCUT2D eigenvalue weighted by molar-refractivity contribution is -0.113. The summed E-state index contributed by atoms with van der Waals surface area (Å²) in [4.78, 5) is 29.8. The van der Waals surface area contributed by atoms with Crippen LogP contribution in [0.4, 0.5) is 14.5 Å². The SMILES string of the molecule is O=C(CSc1nc2ccsc2c(=O)n1-c1ccc(Cl)cc1)Nc1ccc(F)cc1F. The molecule has 0 aliphatic carbocycles. The maximum absolute atomic E-state index is 13.8. The average molecular weight is 464 g/mol. The minimum Gasteiger partial charge on any atom is -0.323 e. The van der Waals surface area contributed by atoms with Crippen molar-refractivity contribution in [3.63, 3.8) is 0 Å². The second-order valence-corrected chi connectivity index (χ2v) is 8.40. The topological polar surface area (TPSA) is 64.0 Å². The van der Waals surface area contributed by atoms with Crippen LogP contribution in [-0.4, -0.2) is 21.2 Å². The number of benzene rings is 2. The number of amides is 1. The van der Waals surface area contributed by atoms with E-state index in [1.165, 1.54) is 15.9 Å². The van der Waals surface area contributed by atoms with Crippen LogP contribution in [0.2, 0.25) is 5.02 Å². The zero-order valence-corrected chi connectivity index (χ0v) is 17.5. The predicted molar refractivity (Wildman–Crippen MR) is 116 cm³/mol. The predicted octanol–water partition coefficient (Wildman–Crippen LogP) is 5.11. The summed E-state index contributed by atoms with van der Waals surface area (Å²) in [6, 6.07) is 11.3. The average Bonchev–Trinajstić information content (AvgIpc) is 3.19. The van der Waals surface area contributed by atoms with E-state index in [0.29, 0.717) is 32.1 Å². The molecule has 152 valence electrons. The normalized spacial score (nSPS) is 11.0. The van der Waals surface area contributed by atoms with Gasteiger partial charge in [-0.2, -0.15) is 0 Å². The minimum absolute atomic E-state index is 0.127. The van der Waals surface area contributed by atoms with Gasteiger partial charge in [-0.15, -0.1) is 11.3 Å². The lowest BCUT2D eigenvalue weighted by Crippen LogP contribution is -2.22. The van der Waals surface area contributed by atoms with Crippen molar-refractivity contribution in [1.82, 2.24) is 9.55 Å².